The van der Waals surface area contributed by atoms with Crippen molar-refractivity contribution in [3.05, 3.63) is 0 Å². The lowest BCUT2D eigenvalue weighted by atomic mass is 10.0. The topological polar surface area (TPSA) is 24.4 Å². The highest BCUT2D eigenvalue weighted by Crippen LogP contribution is 2.28. The molecule has 0 aromatic carbocycles. The molecule has 0 radical (unpaired) electrons. The Morgan fingerprint density at radius 3 is 3.00 bits per heavy atom. The zero-order valence-electron chi connectivity index (χ0n) is 10.3. The van der Waals surface area contributed by atoms with Crippen LogP contribution in [0.4, 0.5) is 0 Å². The first kappa shape index (κ1) is 12.6. The average molecular weight is 258 g/mol. The molecule has 0 amide bonds. The standard InChI is InChI=1S/C12H22N2S2/c1-3-12(2)9-16-11(14-12)13-8-10-6-4-5-7-15-10/h10H,3-9H2,1-2H3,(H,13,14). The van der Waals surface area contributed by atoms with Crippen LogP contribution in [0.15, 0.2) is 4.99 Å². The minimum atomic E-state index is 0.281. The maximum absolute atomic E-state index is 4.74. The van der Waals surface area contributed by atoms with Crippen molar-refractivity contribution in [2.24, 2.45) is 4.99 Å². The van der Waals surface area contributed by atoms with Crippen molar-refractivity contribution in [1.82, 2.24) is 5.32 Å². The lowest BCUT2D eigenvalue weighted by molar-refractivity contribution is 0.466. The van der Waals surface area contributed by atoms with E-state index in [1.54, 1.807) is 0 Å². The molecule has 2 aliphatic rings. The summed E-state index contributed by atoms with van der Waals surface area (Å²) in [5, 5.41) is 5.51. The second-order valence-electron chi connectivity index (χ2n) is 4.96. The molecule has 2 heterocycles. The molecular formula is C12H22N2S2. The number of nitrogens with zero attached hydrogens (tertiary/aromatic N) is 1. The first-order valence-corrected chi connectivity index (χ1v) is 8.32. The molecule has 2 aliphatic heterocycles. The van der Waals surface area contributed by atoms with Crippen LogP contribution in [0, 0.1) is 0 Å². The van der Waals surface area contributed by atoms with E-state index in [0.29, 0.717) is 0 Å². The Labute approximate surface area is 107 Å². The van der Waals surface area contributed by atoms with Gasteiger partial charge in [0.2, 0.25) is 0 Å². The van der Waals surface area contributed by atoms with Crippen molar-refractivity contribution in [3.8, 4) is 0 Å². The van der Waals surface area contributed by atoms with Crippen molar-refractivity contribution < 1.29 is 0 Å². The van der Waals surface area contributed by atoms with Gasteiger partial charge in [0.25, 0.3) is 0 Å². The molecule has 0 spiro atoms. The summed E-state index contributed by atoms with van der Waals surface area (Å²) in [5.74, 6) is 2.50. The third-order valence-corrected chi connectivity index (χ3v) is 6.10. The van der Waals surface area contributed by atoms with E-state index in [1.165, 1.54) is 42.4 Å². The maximum atomic E-state index is 4.74. The van der Waals surface area contributed by atoms with Gasteiger partial charge in [-0.3, -0.25) is 4.99 Å². The molecule has 0 aliphatic carbocycles. The molecule has 16 heavy (non-hydrogen) atoms. The Bertz CT molecular complexity index is 262. The largest absolute Gasteiger partial charge is 0.359 e. The van der Waals surface area contributed by atoms with Gasteiger partial charge in [0.15, 0.2) is 5.17 Å². The minimum Gasteiger partial charge on any atom is -0.359 e. The van der Waals surface area contributed by atoms with Gasteiger partial charge in [0.1, 0.15) is 0 Å². The summed E-state index contributed by atoms with van der Waals surface area (Å²) in [6.07, 6.45) is 5.34. The average Bonchev–Trinajstić information content (AvgIpc) is 2.71. The fourth-order valence-electron chi connectivity index (χ4n) is 1.97. The van der Waals surface area contributed by atoms with Gasteiger partial charge < -0.3 is 5.32 Å². The first-order chi connectivity index (χ1) is 7.72. The van der Waals surface area contributed by atoms with Gasteiger partial charge >= 0.3 is 0 Å². The summed E-state index contributed by atoms with van der Waals surface area (Å²) in [6.45, 7) is 5.55. The molecule has 2 fully saturated rings. The molecule has 2 atom stereocenters. The van der Waals surface area contributed by atoms with Crippen LogP contribution in [-0.2, 0) is 0 Å². The van der Waals surface area contributed by atoms with Crippen LogP contribution in [0.25, 0.3) is 0 Å². The monoisotopic (exact) mass is 258 g/mol. The Kier molecular flexibility index (Phi) is 4.48. The number of nitrogens with one attached hydrogen (secondary N) is 1. The van der Waals surface area contributed by atoms with Gasteiger partial charge in [0, 0.05) is 16.5 Å². The van der Waals surface area contributed by atoms with Crippen molar-refractivity contribution in [1.29, 1.82) is 0 Å². The summed E-state index contributed by atoms with van der Waals surface area (Å²) in [6, 6.07) is 0. The third-order valence-electron chi connectivity index (χ3n) is 3.43. The van der Waals surface area contributed by atoms with E-state index < -0.39 is 0 Å². The van der Waals surface area contributed by atoms with E-state index in [1.807, 2.05) is 11.8 Å². The lowest BCUT2D eigenvalue weighted by Gasteiger charge is -2.21. The quantitative estimate of drug-likeness (QED) is 0.841. The lowest BCUT2D eigenvalue weighted by Crippen LogP contribution is -2.39. The predicted octanol–water partition coefficient (Wildman–Crippen LogP) is 3.13. The van der Waals surface area contributed by atoms with E-state index in [9.17, 15) is 0 Å². The Hall–Kier alpha value is 0.170. The molecular weight excluding hydrogens is 236 g/mol. The molecule has 92 valence electrons. The zero-order valence-corrected chi connectivity index (χ0v) is 11.9. The minimum absolute atomic E-state index is 0.281. The highest BCUT2D eigenvalue weighted by Gasteiger charge is 2.30. The zero-order chi connectivity index (χ0) is 11.4. The van der Waals surface area contributed by atoms with Crippen LogP contribution in [0.5, 0.6) is 0 Å². The molecule has 2 saturated heterocycles. The first-order valence-electron chi connectivity index (χ1n) is 6.29. The second-order valence-corrected chi connectivity index (χ2v) is 7.33. The molecule has 2 unspecified atom stereocenters. The van der Waals surface area contributed by atoms with Gasteiger partial charge in [-0.1, -0.05) is 25.1 Å². The van der Waals surface area contributed by atoms with E-state index in [2.05, 4.69) is 30.9 Å². The SMILES string of the molecule is CCC1(C)CSC(=NCC2CCCCS2)N1. The third kappa shape index (κ3) is 3.33. The summed E-state index contributed by atoms with van der Waals surface area (Å²) in [5.41, 5.74) is 0.281. The Morgan fingerprint density at radius 1 is 1.50 bits per heavy atom. The second kappa shape index (κ2) is 5.67. The van der Waals surface area contributed by atoms with Crippen molar-refractivity contribution in [2.75, 3.05) is 18.1 Å². The van der Waals surface area contributed by atoms with Crippen LogP contribution < -0.4 is 5.32 Å². The fourth-order valence-corrected chi connectivity index (χ4v) is 4.40. The Balaban J connectivity index is 1.80. The number of thioether (sulfide) groups is 2. The van der Waals surface area contributed by atoms with Gasteiger partial charge in [-0.15, -0.1) is 0 Å². The summed E-state index contributed by atoms with van der Waals surface area (Å²) < 4.78 is 0. The van der Waals surface area contributed by atoms with Gasteiger partial charge in [0.05, 0.1) is 6.54 Å². The van der Waals surface area contributed by atoms with Crippen molar-refractivity contribution in [2.45, 2.75) is 50.3 Å². The van der Waals surface area contributed by atoms with E-state index >= 15 is 0 Å². The van der Waals surface area contributed by atoms with E-state index in [0.717, 1.165) is 11.8 Å². The van der Waals surface area contributed by atoms with Gasteiger partial charge in [-0.25, -0.2) is 0 Å². The van der Waals surface area contributed by atoms with Gasteiger partial charge in [-0.2, -0.15) is 11.8 Å². The highest BCUT2D eigenvalue weighted by molar-refractivity contribution is 8.14. The van der Waals surface area contributed by atoms with Crippen molar-refractivity contribution >= 4 is 28.7 Å². The molecule has 0 aromatic rings. The summed E-state index contributed by atoms with van der Waals surface area (Å²) in [7, 11) is 0. The van der Waals surface area contributed by atoms with Crippen LogP contribution in [0.3, 0.4) is 0 Å². The van der Waals surface area contributed by atoms with E-state index in [-0.39, 0.29) is 5.54 Å². The smallest absolute Gasteiger partial charge is 0.157 e. The van der Waals surface area contributed by atoms with Crippen LogP contribution in [0.1, 0.15) is 39.5 Å². The highest BCUT2D eigenvalue weighted by atomic mass is 32.2. The van der Waals surface area contributed by atoms with E-state index in [4.69, 9.17) is 4.99 Å². The maximum Gasteiger partial charge on any atom is 0.157 e. The fraction of sp³-hybridized carbons (Fsp3) is 0.917. The molecule has 0 saturated carbocycles. The molecule has 2 rings (SSSR count). The molecule has 1 N–H and O–H groups in total. The van der Waals surface area contributed by atoms with Crippen LogP contribution in [-0.4, -0.2) is 34.0 Å². The molecule has 2 nitrogen and oxygen atoms in total. The van der Waals surface area contributed by atoms with Crippen LogP contribution >= 0.6 is 23.5 Å². The molecule has 0 bridgehead atoms. The number of hydrogen-bond donors (Lipinski definition) is 1. The molecule has 4 heteroatoms. The van der Waals surface area contributed by atoms with Crippen LogP contribution in [0.2, 0.25) is 0 Å². The molecule has 0 aromatic heterocycles. The number of amidine groups is 1. The Morgan fingerprint density at radius 2 is 2.38 bits per heavy atom. The van der Waals surface area contributed by atoms with Gasteiger partial charge in [-0.05, 0) is 31.9 Å². The predicted molar refractivity (Wildman–Crippen MR) is 76.7 cm³/mol. The number of hydrogen-bond acceptors (Lipinski definition) is 3. The summed E-state index contributed by atoms with van der Waals surface area (Å²) >= 11 is 4.00. The normalized spacial score (nSPS) is 37.6. The summed E-state index contributed by atoms with van der Waals surface area (Å²) in [4.78, 5) is 4.74. The number of aliphatic imine (C=N–C) groups is 1. The van der Waals surface area contributed by atoms with Crippen molar-refractivity contribution in [3.63, 3.8) is 0 Å². The number of rotatable bonds is 3.